The van der Waals surface area contributed by atoms with Gasteiger partial charge in [0.25, 0.3) is 0 Å². The molecule has 0 fully saturated rings. The van der Waals surface area contributed by atoms with Gasteiger partial charge in [-0.3, -0.25) is 4.79 Å². The number of amides is 1. The second-order valence-electron chi connectivity index (χ2n) is 4.97. The summed E-state index contributed by atoms with van der Waals surface area (Å²) in [7, 11) is 0. The third kappa shape index (κ3) is 4.78. The highest BCUT2D eigenvalue weighted by Crippen LogP contribution is 2.24. The lowest BCUT2D eigenvalue weighted by molar-refractivity contribution is -0.117. The van der Waals surface area contributed by atoms with Gasteiger partial charge in [-0.1, -0.05) is 26.0 Å². The van der Waals surface area contributed by atoms with Crippen LogP contribution in [0.25, 0.3) is 6.08 Å². The first-order chi connectivity index (χ1) is 9.55. The maximum atomic E-state index is 12.7. The van der Waals surface area contributed by atoms with E-state index in [1.807, 2.05) is 13.8 Å². The Hall–Kier alpha value is -1.68. The predicted octanol–water partition coefficient (Wildman–Crippen LogP) is 2.75. The van der Waals surface area contributed by atoms with Gasteiger partial charge in [0, 0.05) is 18.0 Å². The van der Waals surface area contributed by atoms with Gasteiger partial charge in [0.05, 0.1) is 6.61 Å². The summed E-state index contributed by atoms with van der Waals surface area (Å²) in [6.45, 7) is 4.51. The van der Waals surface area contributed by atoms with E-state index in [0.29, 0.717) is 6.54 Å². The smallest absolute Gasteiger partial charge is 0.244 e. The zero-order valence-electron chi connectivity index (χ0n) is 12.0. The number of carbonyl (C=O) groups excluding carboxylic acids is 1. The van der Waals surface area contributed by atoms with Crippen LogP contribution >= 0.6 is 0 Å². The number of hydrogen-bond acceptors (Lipinski definition) is 2. The Bertz CT molecular complexity index is 442. The maximum absolute atomic E-state index is 12.7. The van der Waals surface area contributed by atoms with Gasteiger partial charge in [-0.2, -0.15) is 0 Å². The van der Waals surface area contributed by atoms with Crippen LogP contribution in [0.1, 0.15) is 32.3 Å². The topological polar surface area (TPSA) is 49.3 Å². The van der Waals surface area contributed by atoms with Crippen LogP contribution in [0.3, 0.4) is 0 Å². The van der Waals surface area contributed by atoms with E-state index in [0.717, 1.165) is 18.4 Å². The molecule has 0 heterocycles. The summed E-state index contributed by atoms with van der Waals surface area (Å²) in [5.41, 5.74) is 0.514. The van der Waals surface area contributed by atoms with Gasteiger partial charge < -0.3 is 10.4 Å². The molecule has 110 valence electrons. The Morgan fingerprint density at radius 1 is 1.30 bits per heavy atom. The standard InChI is InChI=1S/C16H22FNO2/c1-3-16(4-2,12-19)11-18-15(20)10-7-13-5-8-14(17)9-6-13/h5-10,19H,3-4,11-12H2,1-2H3,(H,18,20)/b10-7+. The summed E-state index contributed by atoms with van der Waals surface area (Å²) < 4.78 is 12.7. The van der Waals surface area contributed by atoms with E-state index >= 15 is 0 Å². The van der Waals surface area contributed by atoms with Crippen LogP contribution in [0.4, 0.5) is 4.39 Å². The molecule has 0 spiro atoms. The minimum absolute atomic E-state index is 0.0575. The Labute approximate surface area is 119 Å². The number of hydrogen-bond donors (Lipinski definition) is 2. The Morgan fingerprint density at radius 2 is 1.90 bits per heavy atom. The second-order valence-corrected chi connectivity index (χ2v) is 4.97. The van der Waals surface area contributed by atoms with Crippen LogP contribution in [0.2, 0.25) is 0 Å². The molecule has 0 unspecified atom stereocenters. The molecule has 20 heavy (non-hydrogen) atoms. The first kappa shape index (κ1) is 16.4. The lowest BCUT2D eigenvalue weighted by Gasteiger charge is -2.29. The molecular weight excluding hydrogens is 257 g/mol. The molecule has 0 aliphatic carbocycles. The number of carbonyl (C=O) groups is 1. The molecule has 0 atom stereocenters. The van der Waals surface area contributed by atoms with Gasteiger partial charge in [-0.25, -0.2) is 4.39 Å². The minimum atomic E-state index is -0.301. The molecule has 0 bridgehead atoms. The summed E-state index contributed by atoms with van der Waals surface area (Å²) in [6.07, 6.45) is 4.66. The van der Waals surface area contributed by atoms with Crippen molar-refractivity contribution in [2.75, 3.05) is 13.2 Å². The summed E-state index contributed by atoms with van der Waals surface area (Å²) in [5.74, 6) is -0.515. The fourth-order valence-electron chi connectivity index (χ4n) is 1.86. The van der Waals surface area contributed by atoms with Crippen LogP contribution in [-0.2, 0) is 4.79 Å². The van der Waals surface area contributed by atoms with Gasteiger partial charge in [0.1, 0.15) is 5.82 Å². The van der Waals surface area contributed by atoms with Crippen molar-refractivity contribution in [3.63, 3.8) is 0 Å². The third-order valence-electron chi connectivity index (χ3n) is 3.77. The molecule has 1 aromatic rings. The zero-order valence-corrected chi connectivity index (χ0v) is 12.0. The van der Waals surface area contributed by atoms with Crippen LogP contribution < -0.4 is 5.32 Å². The van der Waals surface area contributed by atoms with Gasteiger partial charge in [0.15, 0.2) is 0 Å². The van der Waals surface area contributed by atoms with E-state index in [-0.39, 0.29) is 23.7 Å². The molecule has 4 heteroatoms. The first-order valence-electron chi connectivity index (χ1n) is 6.87. The van der Waals surface area contributed by atoms with Crippen molar-refractivity contribution >= 4 is 12.0 Å². The normalized spacial score (nSPS) is 11.8. The number of nitrogens with one attached hydrogen (secondary N) is 1. The Balaban J connectivity index is 2.53. The molecule has 1 aromatic carbocycles. The second kappa shape index (κ2) is 7.80. The molecule has 0 radical (unpaired) electrons. The highest BCUT2D eigenvalue weighted by atomic mass is 19.1. The van der Waals surface area contributed by atoms with E-state index < -0.39 is 0 Å². The highest BCUT2D eigenvalue weighted by Gasteiger charge is 2.25. The van der Waals surface area contributed by atoms with Gasteiger partial charge in [-0.05, 0) is 36.6 Å². The van der Waals surface area contributed by atoms with Crippen LogP contribution in [0.5, 0.6) is 0 Å². The van der Waals surface area contributed by atoms with Crippen molar-refractivity contribution in [2.24, 2.45) is 5.41 Å². The van der Waals surface area contributed by atoms with E-state index in [9.17, 15) is 14.3 Å². The predicted molar refractivity (Wildman–Crippen MR) is 78.5 cm³/mol. The SMILES string of the molecule is CCC(CC)(CO)CNC(=O)/C=C/c1ccc(F)cc1. The van der Waals surface area contributed by atoms with Gasteiger partial charge in [0.2, 0.25) is 5.91 Å². The van der Waals surface area contributed by atoms with Crippen LogP contribution in [0, 0.1) is 11.2 Å². The molecule has 0 aliphatic heterocycles. The monoisotopic (exact) mass is 279 g/mol. The summed E-state index contributed by atoms with van der Waals surface area (Å²) in [4.78, 5) is 11.7. The van der Waals surface area contributed by atoms with Crippen molar-refractivity contribution in [2.45, 2.75) is 26.7 Å². The molecule has 0 aliphatic rings. The number of rotatable bonds is 7. The largest absolute Gasteiger partial charge is 0.396 e. The average molecular weight is 279 g/mol. The molecule has 2 N–H and O–H groups in total. The summed E-state index contributed by atoms with van der Waals surface area (Å²) in [5, 5.41) is 12.2. The summed E-state index contributed by atoms with van der Waals surface area (Å²) in [6, 6.07) is 5.91. The zero-order chi connectivity index (χ0) is 15.0. The quantitative estimate of drug-likeness (QED) is 0.754. The van der Waals surface area contributed by atoms with Gasteiger partial charge in [-0.15, -0.1) is 0 Å². The molecule has 1 amide bonds. The number of benzene rings is 1. The Morgan fingerprint density at radius 3 is 2.40 bits per heavy atom. The van der Waals surface area contributed by atoms with Crippen molar-refractivity contribution in [1.29, 1.82) is 0 Å². The third-order valence-corrected chi connectivity index (χ3v) is 3.77. The molecular formula is C16H22FNO2. The minimum Gasteiger partial charge on any atom is -0.396 e. The van der Waals surface area contributed by atoms with Crippen molar-refractivity contribution in [3.05, 3.63) is 41.7 Å². The van der Waals surface area contributed by atoms with E-state index in [2.05, 4.69) is 5.32 Å². The van der Waals surface area contributed by atoms with Crippen LogP contribution in [0.15, 0.2) is 30.3 Å². The molecule has 1 rings (SSSR count). The first-order valence-corrected chi connectivity index (χ1v) is 6.87. The van der Waals surface area contributed by atoms with E-state index in [1.165, 1.54) is 18.2 Å². The van der Waals surface area contributed by atoms with Crippen molar-refractivity contribution < 1.29 is 14.3 Å². The fourth-order valence-corrected chi connectivity index (χ4v) is 1.86. The summed E-state index contributed by atoms with van der Waals surface area (Å²) >= 11 is 0. The molecule has 0 aromatic heterocycles. The van der Waals surface area contributed by atoms with Crippen molar-refractivity contribution in [1.82, 2.24) is 5.32 Å². The fraction of sp³-hybridized carbons (Fsp3) is 0.438. The van der Waals surface area contributed by atoms with Crippen LogP contribution in [-0.4, -0.2) is 24.2 Å². The molecule has 0 saturated carbocycles. The van der Waals surface area contributed by atoms with Gasteiger partial charge >= 0.3 is 0 Å². The number of aliphatic hydroxyl groups is 1. The number of halogens is 1. The lowest BCUT2D eigenvalue weighted by Crippen LogP contribution is -2.38. The molecule has 0 saturated heterocycles. The number of aliphatic hydroxyl groups excluding tert-OH is 1. The molecule has 3 nitrogen and oxygen atoms in total. The Kier molecular flexibility index (Phi) is 6.39. The average Bonchev–Trinajstić information content (AvgIpc) is 2.48. The maximum Gasteiger partial charge on any atom is 0.244 e. The highest BCUT2D eigenvalue weighted by molar-refractivity contribution is 5.91. The van der Waals surface area contributed by atoms with E-state index in [4.69, 9.17) is 0 Å². The lowest BCUT2D eigenvalue weighted by atomic mass is 9.83. The van der Waals surface area contributed by atoms with E-state index in [1.54, 1.807) is 18.2 Å². The van der Waals surface area contributed by atoms with Crippen molar-refractivity contribution in [3.8, 4) is 0 Å².